The molecular formula is C18H28N2O4. The van der Waals surface area contributed by atoms with Crippen LogP contribution in [0.4, 0.5) is 0 Å². The van der Waals surface area contributed by atoms with E-state index in [0.717, 1.165) is 17.8 Å². The van der Waals surface area contributed by atoms with Gasteiger partial charge in [-0.15, -0.1) is 0 Å². The van der Waals surface area contributed by atoms with Crippen molar-refractivity contribution in [2.24, 2.45) is 23.2 Å². The first kappa shape index (κ1) is 17.2. The quantitative estimate of drug-likeness (QED) is 0.574. The van der Waals surface area contributed by atoms with Gasteiger partial charge in [-0.3, -0.25) is 25.2 Å². The Labute approximate surface area is 143 Å². The molecule has 4 bridgehead atoms. The van der Waals surface area contributed by atoms with Gasteiger partial charge < -0.3 is 4.74 Å². The highest BCUT2D eigenvalue weighted by molar-refractivity contribution is 5.84. The first-order valence-electron chi connectivity index (χ1n) is 9.21. The molecule has 0 spiro atoms. The van der Waals surface area contributed by atoms with Gasteiger partial charge >= 0.3 is 5.97 Å². The van der Waals surface area contributed by atoms with Gasteiger partial charge in [0.1, 0.15) is 0 Å². The molecule has 24 heavy (non-hydrogen) atoms. The minimum atomic E-state index is -0.396. The minimum Gasteiger partial charge on any atom is -0.466 e. The average Bonchev–Trinajstić information content (AvgIpc) is 2.49. The van der Waals surface area contributed by atoms with Crippen molar-refractivity contribution in [3.05, 3.63) is 0 Å². The van der Waals surface area contributed by atoms with E-state index >= 15 is 0 Å². The zero-order valence-electron chi connectivity index (χ0n) is 14.4. The van der Waals surface area contributed by atoms with Crippen LogP contribution < -0.4 is 10.9 Å². The van der Waals surface area contributed by atoms with Crippen molar-refractivity contribution in [3.8, 4) is 0 Å². The fourth-order valence-corrected chi connectivity index (χ4v) is 5.54. The summed E-state index contributed by atoms with van der Waals surface area (Å²) in [6.45, 7) is 2.03. The number of hydrogen-bond donors (Lipinski definition) is 2. The number of nitrogens with one attached hydrogen (secondary N) is 2. The van der Waals surface area contributed by atoms with Crippen LogP contribution in [0, 0.1) is 23.2 Å². The number of ether oxygens (including phenoxy) is 1. The Hall–Kier alpha value is -1.59. The summed E-state index contributed by atoms with van der Waals surface area (Å²) >= 11 is 0. The lowest BCUT2D eigenvalue weighted by molar-refractivity contribution is -0.144. The minimum absolute atomic E-state index is 0.0243. The summed E-state index contributed by atoms with van der Waals surface area (Å²) < 4.78 is 4.77. The summed E-state index contributed by atoms with van der Waals surface area (Å²) in [5.74, 6) is 1.56. The third kappa shape index (κ3) is 4.08. The van der Waals surface area contributed by atoms with E-state index in [1.165, 1.54) is 38.5 Å². The van der Waals surface area contributed by atoms with Crippen molar-refractivity contribution in [1.29, 1.82) is 0 Å². The normalized spacial score (nSPS) is 33.1. The first-order chi connectivity index (χ1) is 11.5. The van der Waals surface area contributed by atoms with E-state index in [0.29, 0.717) is 13.0 Å². The van der Waals surface area contributed by atoms with Crippen LogP contribution in [0.3, 0.4) is 0 Å². The maximum absolute atomic E-state index is 12.3. The van der Waals surface area contributed by atoms with Crippen molar-refractivity contribution >= 4 is 17.8 Å². The molecule has 0 heterocycles. The fourth-order valence-electron chi connectivity index (χ4n) is 5.54. The lowest BCUT2D eigenvalue weighted by Gasteiger charge is -2.56. The second-order valence-corrected chi connectivity index (χ2v) is 8.00. The third-order valence-corrected chi connectivity index (χ3v) is 5.90. The molecule has 0 aromatic heterocycles. The Morgan fingerprint density at radius 1 is 0.917 bits per heavy atom. The number of esters is 1. The summed E-state index contributed by atoms with van der Waals surface area (Å²) in [5.41, 5.74) is 5.10. The second kappa shape index (κ2) is 7.11. The van der Waals surface area contributed by atoms with E-state index in [1.54, 1.807) is 6.92 Å². The zero-order chi connectivity index (χ0) is 17.2. The van der Waals surface area contributed by atoms with E-state index in [4.69, 9.17) is 4.74 Å². The van der Waals surface area contributed by atoms with Crippen LogP contribution in [0.1, 0.15) is 64.7 Å². The molecule has 134 valence electrons. The van der Waals surface area contributed by atoms with Gasteiger partial charge in [0.05, 0.1) is 13.0 Å². The first-order valence-corrected chi connectivity index (χ1v) is 9.21. The molecular weight excluding hydrogens is 308 g/mol. The van der Waals surface area contributed by atoms with Crippen molar-refractivity contribution in [2.45, 2.75) is 64.7 Å². The molecule has 0 unspecified atom stereocenters. The number of rotatable bonds is 6. The molecule has 2 amide bonds. The molecule has 4 aliphatic carbocycles. The molecule has 6 nitrogen and oxygen atoms in total. The number of hydrogen-bond acceptors (Lipinski definition) is 4. The van der Waals surface area contributed by atoms with Gasteiger partial charge in [0.25, 0.3) is 0 Å². The average molecular weight is 336 g/mol. The third-order valence-electron chi connectivity index (χ3n) is 5.90. The van der Waals surface area contributed by atoms with Gasteiger partial charge in [-0.05, 0) is 68.6 Å². The highest BCUT2D eigenvalue weighted by Crippen LogP contribution is 2.61. The molecule has 0 aromatic rings. The maximum Gasteiger partial charge on any atom is 0.306 e. The standard InChI is InChI=1S/C18H28N2O4/c1-2-24-17(23)4-3-15(21)19-20-16(22)11-18-8-12-5-13(9-18)7-14(6-12)10-18/h12-14H,2-11H2,1H3,(H,19,21)(H,20,22). The van der Waals surface area contributed by atoms with Gasteiger partial charge in [0.2, 0.25) is 11.8 Å². The molecule has 4 saturated carbocycles. The largest absolute Gasteiger partial charge is 0.466 e. The fraction of sp³-hybridized carbons (Fsp3) is 0.833. The van der Waals surface area contributed by atoms with Crippen LogP contribution in [0.5, 0.6) is 0 Å². The predicted octanol–water partition coefficient (Wildman–Crippen LogP) is 2.08. The van der Waals surface area contributed by atoms with Crippen LogP contribution in [0.25, 0.3) is 0 Å². The van der Waals surface area contributed by atoms with Gasteiger partial charge in [0, 0.05) is 12.8 Å². The Balaban J connectivity index is 1.40. The summed E-state index contributed by atoms with van der Waals surface area (Å²) in [4.78, 5) is 35.2. The number of hydrazine groups is 1. The van der Waals surface area contributed by atoms with E-state index in [2.05, 4.69) is 10.9 Å². The Morgan fingerprint density at radius 3 is 2.00 bits per heavy atom. The Kier molecular flexibility index (Phi) is 5.11. The van der Waals surface area contributed by atoms with Crippen LogP contribution in [-0.4, -0.2) is 24.4 Å². The molecule has 0 saturated heterocycles. The molecule has 4 rings (SSSR count). The monoisotopic (exact) mass is 336 g/mol. The van der Waals surface area contributed by atoms with E-state index < -0.39 is 5.97 Å². The maximum atomic E-state index is 12.3. The molecule has 0 aromatic carbocycles. The highest BCUT2D eigenvalue weighted by atomic mass is 16.5. The van der Waals surface area contributed by atoms with Crippen molar-refractivity contribution in [1.82, 2.24) is 10.9 Å². The lowest BCUT2D eigenvalue weighted by atomic mass is 9.49. The molecule has 0 aliphatic heterocycles. The number of amides is 2. The van der Waals surface area contributed by atoms with Crippen molar-refractivity contribution in [2.75, 3.05) is 6.61 Å². The number of carbonyl (C=O) groups is 3. The predicted molar refractivity (Wildman–Crippen MR) is 87.4 cm³/mol. The summed E-state index contributed by atoms with van der Waals surface area (Å²) in [6, 6.07) is 0. The lowest BCUT2D eigenvalue weighted by Crippen LogP contribution is -2.50. The van der Waals surface area contributed by atoms with Gasteiger partial charge in [0.15, 0.2) is 0 Å². The topological polar surface area (TPSA) is 84.5 Å². The van der Waals surface area contributed by atoms with Gasteiger partial charge in [-0.1, -0.05) is 0 Å². The highest BCUT2D eigenvalue weighted by Gasteiger charge is 2.51. The van der Waals surface area contributed by atoms with Crippen LogP contribution in [0.15, 0.2) is 0 Å². The smallest absolute Gasteiger partial charge is 0.306 e. The van der Waals surface area contributed by atoms with E-state index in [9.17, 15) is 14.4 Å². The van der Waals surface area contributed by atoms with Crippen LogP contribution in [-0.2, 0) is 19.1 Å². The molecule has 0 atom stereocenters. The molecule has 6 heteroatoms. The molecule has 0 radical (unpaired) electrons. The van der Waals surface area contributed by atoms with Crippen LogP contribution in [0.2, 0.25) is 0 Å². The van der Waals surface area contributed by atoms with Gasteiger partial charge in [-0.2, -0.15) is 0 Å². The SMILES string of the molecule is CCOC(=O)CCC(=O)NNC(=O)CC12CC3CC(CC(C3)C1)C2. The second-order valence-electron chi connectivity index (χ2n) is 8.00. The van der Waals surface area contributed by atoms with Crippen molar-refractivity contribution in [3.63, 3.8) is 0 Å². The van der Waals surface area contributed by atoms with Crippen molar-refractivity contribution < 1.29 is 19.1 Å². The van der Waals surface area contributed by atoms with E-state index in [1.807, 2.05) is 0 Å². The summed E-state index contributed by atoms with van der Waals surface area (Å²) in [7, 11) is 0. The molecule has 4 aliphatic rings. The van der Waals surface area contributed by atoms with E-state index in [-0.39, 0.29) is 30.1 Å². The Bertz CT molecular complexity index is 482. The molecule has 4 fully saturated rings. The number of carbonyl (C=O) groups excluding carboxylic acids is 3. The van der Waals surface area contributed by atoms with Crippen LogP contribution >= 0.6 is 0 Å². The zero-order valence-corrected chi connectivity index (χ0v) is 14.4. The molecule has 2 N–H and O–H groups in total. The van der Waals surface area contributed by atoms with Gasteiger partial charge in [-0.25, -0.2) is 0 Å². The summed E-state index contributed by atoms with van der Waals surface area (Å²) in [6.07, 6.45) is 8.13. The summed E-state index contributed by atoms with van der Waals surface area (Å²) in [5, 5.41) is 0. The Morgan fingerprint density at radius 2 is 1.46 bits per heavy atom.